The Morgan fingerprint density at radius 3 is 2.52 bits per heavy atom. The maximum absolute atomic E-state index is 14.4. The SMILES string of the molecule is Cc1ccc(O[C@@H](C)C(=O)N[C@@H](c2ccccc2F)c2nccn2C)cc1. The summed E-state index contributed by atoms with van der Waals surface area (Å²) in [6, 6.07) is 13.1. The molecular weight excluding hydrogens is 345 g/mol. The van der Waals surface area contributed by atoms with Gasteiger partial charge in [-0.2, -0.15) is 0 Å². The number of nitrogens with one attached hydrogen (secondary N) is 1. The number of benzene rings is 2. The summed E-state index contributed by atoms with van der Waals surface area (Å²) in [6.07, 6.45) is 2.62. The van der Waals surface area contributed by atoms with Gasteiger partial charge in [0.25, 0.3) is 5.91 Å². The van der Waals surface area contributed by atoms with E-state index in [-0.39, 0.29) is 5.91 Å². The summed E-state index contributed by atoms with van der Waals surface area (Å²) in [7, 11) is 1.80. The molecule has 1 aromatic heterocycles. The lowest BCUT2D eigenvalue weighted by Crippen LogP contribution is -2.40. The van der Waals surface area contributed by atoms with Crippen LogP contribution >= 0.6 is 0 Å². The number of hydrogen-bond donors (Lipinski definition) is 1. The zero-order valence-electron chi connectivity index (χ0n) is 15.5. The van der Waals surface area contributed by atoms with Gasteiger partial charge < -0.3 is 14.6 Å². The fourth-order valence-electron chi connectivity index (χ4n) is 2.78. The van der Waals surface area contributed by atoms with Crippen molar-refractivity contribution in [2.45, 2.75) is 26.0 Å². The van der Waals surface area contributed by atoms with Crippen molar-refractivity contribution >= 4 is 5.91 Å². The van der Waals surface area contributed by atoms with Crippen molar-refractivity contribution in [2.24, 2.45) is 7.05 Å². The van der Waals surface area contributed by atoms with Gasteiger partial charge in [-0.05, 0) is 32.0 Å². The monoisotopic (exact) mass is 367 g/mol. The highest BCUT2D eigenvalue weighted by Gasteiger charge is 2.26. The Labute approximate surface area is 157 Å². The molecule has 0 unspecified atom stereocenters. The number of amides is 1. The van der Waals surface area contributed by atoms with Gasteiger partial charge in [0.2, 0.25) is 0 Å². The van der Waals surface area contributed by atoms with Crippen LogP contribution < -0.4 is 10.1 Å². The number of halogens is 1. The van der Waals surface area contributed by atoms with Crippen molar-refractivity contribution in [3.05, 3.63) is 83.7 Å². The summed E-state index contributed by atoms with van der Waals surface area (Å²) in [5.74, 6) is 0.378. The minimum absolute atomic E-state index is 0.350. The summed E-state index contributed by atoms with van der Waals surface area (Å²) in [4.78, 5) is 17.0. The lowest BCUT2D eigenvalue weighted by Gasteiger charge is -2.22. The predicted molar refractivity (Wildman–Crippen MR) is 101 cm³/mol. The lowest BCUT2D eigenvalue weighted by atomic mass is 10.0. The van der Waals surface area contributed by atoms with Gasteiger partial charge >= 0.3 is 0 Å². The largest absolute Gasteiger partial charge is 0.481 e. The Kier molecular flexibility index (Phi) is 5.54. The van der Waals surface area contributed by atoms with E-state index in [9.17, 15) is 9.18 Å². The zero-order valence-corrected chi connectivity index (χ0v) is 15.5. The molecule has 1 N–H and O–H groups in total. The summed E-state index contributed by atoms with van der Waals surface area (Å²) < 4.78 is 21.8. The molecule has 0 spiro atoms. The molecule has 6 heteroatoms. The quantitative estimate of drug-likeness (QED) is 0.725. The van der Waals surface area contributed by atoms with Crippen LogP contribution in [0.15, 0.2) is 60.9 Å². The van der Waals surface area contributed by atoms with Crippen LogP contribution in [0.5, 0.6) is 5.75 Å². The fourth-order valence-corrected chi connectivity index (χ4v) is 2.78. The second kappa shape index (κ2) is 8.03. The average Bonchev–Trinajstić information content (AvgIpc) is 3.08. The van der Waals surface area contributed by atoms with Crippen molar-refractivity contribution in [1.29, 1.82) is 0 Å². The van der Waals surface area contributed by atoms with Gasteiger partial charge in [-0.1, -0.05) is 35.9 Å². The number of carbonyl (C=O) groups excluding carboxylic acids is 1. The number of rotatable bonds is 6. The minimum atomic E-state index is -0.748. The molecule has 3 aromatic rings. The van der Waals surface area contributed by atoms with E-state index in [0.29, 0.717) is 17.1 Å². The molecule has 0 radical (unpaired) electrons. The Hall–Kier alpha value is -3.15. The predicted octanol–water partition coefficient (Wildman–Crippen LogP) is 3.54. The van der Waals surface area contributed by atoms with Gasteiger partial charge in [0.15, 0.2) is 6.10 Å². The van der Waals surface area contributed by atoms with Crippen LogP contribution in [-0.2, 0) is 11.8 Å². The molecule has 3 rings (SSSR count). The second-order valence-corrected chi connectivity index (χ2v) is 6.43. The molecule has 27 heavy (non-hydrogen) atoms. The van der Waals surface area contributed by atoms with Crippen molar-refractivity contribution in [3.63, 3.8) is 0 Å². The van der Waals surface area contributed by atoms with Crippen molar-refractivity contribution < 1.29 is 13.9 Å². The van der Waals surface area contributed by atoms with Gasteiger partial charge in [0.1, 0.15) is 23.4 Å². The first-order chi connectivity index (χ1) is 13.0. The highest BCUT2D eigenvalue weighted by Crippen LogP contribution is 2.23. The van der Waals surface area contributed by atoms with Crippen LogP contribution in [0.2, 0.25) is 0 Å². The smallest absolute Gasteiger partial charge is 0.261 e. The fraction of sp³-hybridized carbons (Fsp3) is 0.238. The van der Waals surface area contributed by atoms with Crippen molar-refractivity contribution in [2.75, 3.05) is 0 Å². The van der Waals surface area contributed by atoms with Crippen LogP contribution in [0, 0.1) is 12.7 Å². The molecule has 0 aliphatic heterocycles. The highest BCUT2D eigenvalue weighted by molar-refractivity contribution is 5.81. The van der Waals surface area contributed by atoms with Crippen LogP contribution in [0.3, 0.4) is 0 Å². The normalized spacial score (nSPS) is 13.0. The van der Waals surface area contributed by atoms with E-state index in [2.05, 4.69) is 10.3 Å². The van der Waals surface area contributed by atoms with Gasteiger partial charge in [-0.25, -0.2) is 9.37 Å². The van der Waals surface area contributed by atoms with E-state index >= 15 is 0 Å². The summed E-state index contributed by atoms with van der Waals surface area (Å²) >= 11 is 0. The van der Waals surface area contributed by atoms with Crippen LogP contribution in [0.1, 0.15) is 29.9 Å². The van der Waals surface area contributed by atoms with E-state index in [1.165, 1.54) is 6.07 Å². The summed E-state index contributed by atoms with van der Waals surface area (Å²) in [5.41, 5.74) is 1.46. The topological polar surface area (TPSA) is 56.1 Å². The van der Waals surface area contributed by atoms with E-state index in [0.717, 1.165) is 5.56 Å². The Bertz CT molecular complexity index is 921. The molecular formula is C21H22FN3O2. The second-order valence-electron chi connectivity index (χ2n) is 6.43. The summed E-state index contributed by atoms with van der Waals surface area (Å²) in [6.45, 7) is 3.64. The first-order valence-corrected chi connectivity index (χ1v) is 8.71. The molecule has 5 nitrogen and oxygen atoms in total. The zero-order chi connectivity index (χ0) is 19.4. The number of ether oxygens (including phenoxy) is 1. The molecule has 0 aliphatic carbocycles. The molecule has 0 bridgehead atoms. The first kappa shape index (κ1) is 18.6. The van der Waals surface area contributed by atoms with Crippen molar-refractivity contribution in [3.8, 4) is 5.75 Å². The molecule has 1 amide bonds. The van der Waals surface area contributed by atoms with Gasteiger partial charge in [0.05, 0.1) is 0 Å². The van der Waals surface area contributed by atoms with E-state index < -0.39 is 18.0 Å². The number of nitrogens with zero attached hydrogens (tertiary/aromatic N) is 2. The molecule has 0 saturated heterocycles. The molecule has 2 atom stereocenters. The first-order valence-electron chi connectivity index (χ1n) is 8.71. The van der Waals surface area contributed by atoms with Gasteiger partial charge in [0, 0.05) is 25.0 Å². The number of aromatic nitrogens is 2. The molecule has 0 saturated carbocycles. The Morgan fingerprint density at radius 2 is 1.89 bits per heavy atom. The maximum Gasteiger partial charge on any atom is 0.261 e. The highest BCUT2D eigenvalue weighted by atomic mass is 19.1. The third kappa shape index (κ3) is 4.34. The van der Waals surface area contributed by atoms with Crippen LogP contribution in [0.4, 0.5) is 4.39 Å². The standard InChI is InChI=1S/C21H22FN3O2/c1-14-8-10-16(11-9-14)27-15(2)21(26)24-19(20-23-12-13-25(20)3)17-6-4-5-7-18(17)22/h4-13,15,19H,1-3H3,(H,24,26)/t15-,19-/m0/s1. The van der Waals surface area contributed by atoms with E-state index in [4.69, 9.17) is 4.74 Å². The molecule has 0 aliphatic rings. The van der Waals surface area contributed by atoms with Crippen LogP contribution in [0.25, 0.3) is 0 Å². The third-order valence-corrected chi connectivity index (χ3v) is 4.32. The minimum Gasteiger partial charge on any atom is -0.481 e. The summed E-state index contributed by atoms with van der Waals surface area (Å²) in [5, 5.41) is 2.86. The number of aryl methyl sites for hydroxylation is 2. The van der Waals surface area contributed by atoms with Gasteiger partial charge in [-0.15, -0.1) is 0 Å². The van der Waals surface area contributed by atoms with Crippen molar-refractivity contribution in [1.82, 2.24) is 14.9 Å². The molecule has 0 fully saturated rings. The number of hydrogen-bond acceptors (Lipinski definition) is 3. The van der Waals surface area contributed by atoms with E-state index in [1.54, 1.807) is 49.1 Å². The number of imidazole rings is 1. The van der Waals surface area contributed by atoms with Gasteiger partial charge in [-0.3, -0.25) is 4.79 Å². The molecule has 2 aromatic carbocycles. The maximum atomic E-state index is 14.4. The lowest BCUT2D eigenvalue weighted by molar-refractivity contribution is -0.127. The molecule has 140 valence electrons. The van der Waals surface area contributed by atoms with Crippen LogP contribution in [-0.4, -0.2) is 21.6 Å². The number of carbonyl (C=O) groups is 1. The van der Waals surface area contributed by atoms with E-state index in [1.807, 2.05) is 31.2 Å². The molecule has 1 heterocycles. The average molecular weight is 367 g/mol. The Balaban J connectivity index is 1.81. The third-order valence-electron chi connectivity index (χ3n) is 4.32. The Morgan fingerprint density at radius 1 is 1.19 bits per heavy atom.